The van der Waals surface area contributed by atoms with Crippen molar-refractivity contribution in [3.63, 3.8) is 0 Å². The molecular formula is C15H19NO4S. The van der Waals surface area contributed by atoms with E-state index in [1.165, 1.54) is 23.9 Å². The molecule has 1 N–H and O–H groups in total. The number of carbonyl (C=O) groups is 1. The molecule has 0 heterocycles. The zero-order valence-corrected chi connectivity index (χ0v) is 12.7. The summed E-state index contributed by atoms with van der Waals surface area (Å²) in [4.78, 5) is 22.5. The standard InChI is InChI=1S/C15H19NO4S/c1-2-10-3-8-13(15(17)18)14(9-10)21-12-6-4-11(5-7-12)16(19)20/h4-7,10,13-14H,2-3,8-9H2,1H3,(H,17,18). The third kappa shape index (κ3) is 3.97. The number of aliphatic carboxylic acids is 1. The number of nitro benzene ring substituents is 1. The number of carboxylic acids is 1. The van der Waals surface area contributed by atoms with Gasteiger partial charge in [0.15, 0.2) is 0 Å². The van der Waals surface area contributed by atoms with Crippen LogP contribution in [0.15, 0.2) is 29.2 Å². The molecule has 1 fully saturated rings. The van der Waals surface area contributed by atoms with Crippen molar-refractivity contribution < 1.29 is 14.8 Å². The third-order valence-corrected chi connectivity index (χ3v) is 5.50. The van der Waals surface area contributed by atoms with Crippen LogP contribution in [0.25, 0.3) is 0 Å². The molecule has 0 aliphatic heterocycles. The van der Waals surface area contributed by atoms with Crippen molar-refractivity contribution >= 4 is 23.4 Å². The van der Waals surface area contributed by atoms with Crippen molar-refractivity contribution in [1.82, 2.24) is 0 Å². The molecule has 0 amide bonds. The van der Waals surface area contributed by atoms with E-state index in [-0.39, 0.29) is 16.9 Å². The van der Waals surface area contributed by atoms with Crippen LogP contribution in [0.1, 0.15) is 32.6 Å². The zero-order valence-electron chi connectivity index (χ0n) is 11.9. The van der Waals surface area contributed by atoms with Gasteiger partial charge in [0.2, 0.25) is 0 Å². The molecule has 1 aliphatic carbocycles. The Hall–Kier alpha value is -1.56. The fourth-order valence-electron chi connectivity index (χ4n) is 2.82. The summed E-state index contributed by atoms with van der Waals surface area (Å²) in [6.07, 6.45) is 3.67. The second-order valence-electron chi connectivity index (χ2n) is 5.44. The maximum absolute atomic E-state index is 11.4. The summed E-state index contributed by atoms with van der Waals surface area (Å²) in [5.74, 6) is -0.479. The number of hydrogen-bond acceptors (Lipinski definition) is 4. The molecular weight excluding hydrogens is 290 g/mol. The first-order valence-electron chi connectivity index (χ1n) is 7.15. The lowest BCUT2D eigenvalue weighted by Crippen LogP contribution is -2.32. The first-order valence-corrected chi connectivity index (χ1v) is 8.03. The van der Waals surface area contributed by atoms with Crippen LogP contribution in [0.2, 0.25) is 0 Å². The summed E-state index contributed by atoms with van der Waals surface area (Å²) in [6.45, 7) is 2.14. The van der Waals surface area contributed by atoms with Crippen LogP contribution in [0, 0.1) is 22.0 Å². The molecule has 114 valence electrons. The van der Waals surface area contributed by atoms with Crippen molar-refractivity contribution in [2.75, 3.05) is 0 Å². The predicted octanol–water partition coefficient (Wildman–Crippen LogP) is 3.97. The Kier molecular flexibility index (Phi) is 5.22. The Morgan fingerprint density at radius 3 is 2.57 bits per heavy atom. The molecule has 0 saturated heterocycles. The van der Waals surface area contributed by atoms with E-state index < -0.39 is 10.9 Å². The molecule has 3 atom stereocenters. The van der Waals surface area contributed by atoms with Gasteiger partial charge in [0.25, 0.3) is 5.69 Å². The van der Waals surface area contributed by atoms with Crippen LogP contribution < -0.4 is 0 Å². The molecule has 1 aliphatic rings. The number of rotatable bonds is 5. The third-order valence-electron chi connectivity index (χ3n) is 4.13. The second-order valence-corrected chi connectivity index (χ2v) is 6.75. The van der Waals surface area contributed by atoms with E-state index in [1.54, 1.807) is 12.1 Å². The Bertz CT molecular complexity index is 517. The molecule has 5 nitrogen and oxygen atoms in total. The summed E-state index contributed by atoms with van der Waals surface area (Å²) in [7, 11) is 0. The number of non-ortho nitro benzene ring substituents is 1. The molecule has 1 aromatic carbocycles. The van der Waals surface area contributed by atoms with Gasteiger partial charge in [0.1, 0.15) is 0 Å². The number of benzene rings is 1. The van der Waals surface area contributed by atoms with Crippen LogP contribution in [0.5, 0.6) is 0 Å². The predicted molar refractivity (Wildman–Crippen MR) is 81.5 cm³/mol. The fraction of sp³-hybridized carbons (Fsp3) is 0.533. The van der Waals surface area contributed by atoms with Gasteiger partial charge in [0.05, 0.1) is 10.8 Å². The van der Waals surface area contributed by atoms with Gasteiger partial charge >= 0.3 is 5.97 Å². The van der Waals surface area contributed by atoms with Crippen molar-refractivity contribution in [2.24, 2.45) is 11.8 Å². The summed E-state index contributed by atoms with van der Waals surface area (Å²) in [5.41, 5.74) is 0.0595. The SMILES string of the molecule is CCC1CCC(C(=O)O)C(Sc2ccc([N+](=O)[O-])cc2)C1. The van der Waals surface area contributed by atoms with Crippen molar-refractivity contribution in [1.29, 1.82) is 0 Å². The zero-order chi connectivity index (χ0) is 15.4. The molecule has 1 saturated carbocycles. The van der Waals surface area contributed by atoms with Crippen LogP contribution in [0.4, 0.5) is 5.69 Å². The van der Waals surface area contributed by atoms with E-state index in [0.717, 1.165) is 30.6 Å². The highest BCUT2D eigenvalue weighted by molar-refractivity contribution is 8.00. The number of nitro groups is 1. The van der Waals surface area contributed by atoms with Crippen LogP contribution in [-0.4, -0.2) is 21.2 Å². The fourth-order valence-corrected chi connectivity index (χ4v) is 4.24. The summed E-state index contributed by atoms with van der Waals surface area (Å²) >= 11 is 1.54. The molecule has 21 heavy (non-hydrogen) atoms. The van der Waals surface area contributed by atoms with Crippen molar-refractivity contribution in [3.8, 4) is 0 Å². The van der Waals surface area contributed by atoms with Gasteiger partial charge in [-0.2, -0.15) is 0 Å². The summed E-state index contributed by atoms with van der Waals surface area (Å²) < 4.78 is 0. The van der Waals surface area contributed by atoms with E-state index in [1.807, 2.05) is 0 Å². The van der Waals surface area contributed by atoms with E-state index in [4.69, 9.17) is 0 Å². The average Bonchev–Trinajstić information content (AvgIpc) is 2.47. The quantitative estimate of drug-likeness (QED) is 0.657. The average molecular weight is 309 g/mol. The van der Waals surface area contributed by atoms with Crippen molar-refractivity contribution in [2.45, 2.75) is 42.8 Å². The van der Waals surface area contributed by atoms with Gasteiger partial charge in [-0.05, 0) is 37.3 Å². The molecule has 1 aromatic rings. The molecule has 0 spiro atoms. The Labute approximate surface area is 127 Å². The Morgan fingerprint density at radius 1 is 1.38 bits per heavy atom. The second kappa shape index (κ2) is 6.93. The molecule has 3 unspecified atom stereocenters. The number of thioether (sulfide) groups is 1. The van der Waals surface area contributed by atoms with Gasteiger partial charge in [-0.15, -0.1) is 11.8 Å². The maximum Gasteiger partial charge on any atom is 0.307 e. The minimum atomic E-state index is -0.732. The van der Waals surface area contributed by atoms with E-state index in [9.17, 15) is 20.0 Å². The topological polar surface area (TPSA) is 80.4 Å². The highest BCUT2D eigenvalue weighted by Crippen LogP contribution is 2.41. The smallest absolute Gasteiger partial charge is 0.307 e. The van der Waals surface area contributed by atoms with E-state index in [2.05, 4.69) is 6.92 Å². The molecule has 2 rings (SSSR count). The van der Waals surface area contributed by atoms with E-state index in [0.29, 0.717) is 5.92 Å². The summed E-state index contributed by atoms with van der Waals surface area (Å²) in [5, 5.41) is 20.1. The first-order chi connectivity index (χ1) is 10.0. The van der Waals surface area contributed by atoms with Gasteiger partial charge in [0, 0.05) is 22.3 Å². The summed E-state index contributed by atoms with van der Waals surface area (Å²) in [6, 6.07) is 6.35. The lowest BCUT2D eigenvalue weighted by molar-refractivity contribution is -0.384. The number of hydrogen-bond donors (Lipinski definition) is 1. The van der Waals surface area contributed by atoms with E-state index >= 15 is 0 Å². The lowest BCUT2D eigenvalue weighted by Gasteiger charge is -2.33. The highest BCUT2D eigenvalue weighted by atomic mass is 32.2. The highest BCUT2D eigenvalue weighted by Gasteiger charge is 2.35. The lowest BCUT2D eigenvalue weighted by atomic mass is 9.80. The molecule has 0 bridgehead atoms. The van der Waals surface area contributed by atoms with Crippen molar-refractivity contribution in [3.05, 3.63) is 34.4 Å². The normalized spacial score (nSPS) is 25.5. The van der Waals surface area contributed by atoms with Gasteiger partial charge < -0.3 is 5.11 Å². The van der Waals surface area contributed by atoms with Crippen LogP contribution >= 0.6 is 11.8 Å². The van der Waals surface area contributed by atoms with Gasteiger partial charge in [-0.1, -0.05) is 13.3 Å². The number of carboxylic acid groups (broad SMARTS) is 1. The largest absolute Gasteiger partial charge is 0.481 e. The maximum atomic E-state index is 11.4. The minimum Gasteiger partial charge on any atom is -0.481 e. The molecule has 6 heteroatoms. The Balaban J connectivity index is 2.09. The first kappa shape index (κ1) is 15.8. The van der Waals surface area contributed by atoms with Gasteiger partial charge in [-0.25, -0.2) is 0 Å². The molecule has 0 aromatic heterocycles. The van der Waals surface area contributed by atoms with Gasteiger partial charge in [-0.3, -0.25) is 14.9 Å². The Morgan fingerprint density at radius 2 is 2.05 bits per heavy atom. The van der Waals surface area contributed by atoms with Crippen LogP contribution in [-0.2, 0) is 4.79 Å². The monoisotopic (exact) mass is 309 g/mol. The number of nitrogens with zero attached hydrogens (tertiary/aromatic N) is 1. The van der Waals surface area contributed by atoms with Crippen LogP contribution in [0.3, 0.4) is 0 Å². The minimum absolute atomic E-state index is 0.0441. The molecule has 0 radical (unpaired) electrons.